The number of phenolic OH excluding ortho intramolecular Hbond substituents is 1. The SMILES string of the molecule is CCC(NC(=O)C(N)C(C)O)C(=O)NC(CC(N)=O)C(=O)NC(Cc1ccc(O)cc1)C(=O)NC(C(=O)O)C(C)O. The molecule has 1 aromatic carbocycles. The lowest BCUT2D eigenvalue weighted by Crippen LogP contribution is -2.60. The molecule has 0 bridgehead atoms. The number of carbonyl (C=O) groups is 6. The van der Waals surface area contributed by atoms with E-state index < -0.39 is 84.3 Å². The van der Waals surface area contributed by atoms with Crippen LogP contribution in [0.25, 0.3) is 0 Å². The van der Waals surface area contributed by atoms with E-state index in [1.807, 2.05) is 0 Å². The normalized spacial score (nSPS) is 16.0. The van der Waals surface area contributed by atoms with Crippen molar-refractivity contribution in [3.05, 3.63) is 29.8 Å². The molecular formula is C25H38N6O10. The van der Waals surface area contributed by atoms with Crippen molar-refractivity contribution in [1.82, 2.24) is 21.3 Å². The van der Waals surface area contributed by atoms with Gasteiger partial charge in [0.2, 0.25) is 29.5 Å². The van der Waals surface area contributed by atoms with E-state index in [1.165, 1.54) is 31.2 Å². The van der Waals surface area contributed by atoms with Crippen LogP contribution in [0.4, 0.5) is 0 Å². The first-order chi connectivity index (χ1) is 19.1. The number of benzene rings is 1. The summed E-state index contributed by atoms with van der Waals surface area (Å²) in [6.45, 7) is 3.96. The molecule has 12 N–H and O–H groups in total. The minimum atomic E-state index is -1.72. The molecule has 0 fully saturated rings. The van der Waals surface area contributed by atoms with Crippen molar-refractivity contribution < 1.29 is 49.2 Å². The van der Waals surface area contributed by atoms with Gasteiger partial charge in [-0.1, -0.05) is 19.1 Å². The fourth-order valence-corrected chi connectivity index (χ4v) is 3.51. The molecule has 0 saturated heterocycles. The summed E-state index contributed by atoms with van der Waals surface area (Å²) in [6.07, 6.45) is -3.58. The Morgan fingerprint density at radius 2 is 1.27 bits per heavy atom. The van der Waals surface area contributed by atoms with Gasteiger partial charge in [0.25, 0.3) is 0 Å². The van der Waals surface area contributed by atoms with Gasteiger partial charge in [0.05, 0.1) is 18.6 Å². The monoisotopic (exact) mass is 582 g/mol. The number of hydrogen-bond donors (Lipinski definition) is 10. The zero-order valence-corrected chi connectivity index (χ0v) is 22.9. The fraction of sp³-hybridized carbons (Fsp3) is 0.520. The molecule has 0 spiro atoms. The molecule has 0 aliphatic rings. The smallest absolute Gasteiger partial charge is 0.328 e. The van der Waals surface area contributed by atoms with Crippen LogP contribution in [0.15, 0.2) is 24.3 Å². The van der Waals surface area contributed by atoms with Gasteiger partial charge in [0.1, 0.15) is 29.9 Å². The maximum absolute atomic E-state index is 13.2. The van der Waals surface area contributed by atoms with Gasteiger partial charge in [-0.05, 0) is 38.0 Å². The Morgan fingerprint density at radius 1 is 0.780 bits per heavy atom. The van der Waals surface area contributed by atoms with Gasteiger partial charge in [-0.3, -0.25) is 24.0 Å². The molecule has 0 saturated carbocycles. The van der Waals surface area contributed by atoms with E-state index in [0.717, 1.165) is 6.92 Å². The van der Waals surface area contributed by atoms with Gasteiger partial charge in [-0.25, -0.2) is 4.79 Å². The van der Waals surface area contributed by atoms with E-state index in [1.54, 1.807) is 6.92 Å². The maximum atomic E-state index is 13.2. The summed E-state index contributed by atoms with van der Waals surface area (Å²) in [7, 11) is 0. The molecular weight excluding hydrogens is 544 g/mol. The number of amides is 5. The average molecular weight is 583 g/mol. The molecule has 1 aromatic rings. The molecule has 228 valence electrons. The topological polar surface area (TPSA) is 284 Å². The van der Waals surface area contributed by atoms with Crippen LogP contribution in [0.5, 0.6) is 5.75 Å². The number of aliphatic hydroxyl groups excluding tert-OH is 2. The highest BCUT2D eigenvalue weighted by Crippen LogP contribution is 2.12. The number of aliphatic hydroxyl groups is 2. The minimum absolute atomic E-state index is 0.0385. The van der Waals surface area contributed by atoms with Crippen molar-refractivity contribution >= 4 is 35.5 Å². The summed E-state index contributed by atoms with van der Waals surface area (Å²) in [5.74, 6) is -6.37. The highest BCUT2D eigenvalue weighted by Gasteiger charge is 2.33. The summed E-state index contributed by atoms with van der Waals surface area (Å²) in [5.41, 5.74) is 11.3. The second-order valence-electron chi connectivity index (χ2n) is 9.46. The number of rotatable bonds is 16. The number of phenols is 1. The molecule has 1 rings (SSSR count). The van der Waals surface area contributed by atoms with Crippen molar-refractivity contribution in [3.63, 3.8) is 0 Å². The van der Waals surface area contributed by atoms with Crippen LogP contribution in [-0.4, -0.2) is 98.3 Å². The van der Waals surface area contributed by atoms with Crippen LogP contribution in [0.2, 0.25) is 0 Å². The third-order valence-corrected chi connectivity index (χ3v) is 5.96. The van der Waals surface area contributed by atoms with E-state index in [0.29, 0.717) is 5.56 Å². The lowest BCUT2D eigenvalue weighted by molar-refractivity contribution is -0.145. The van der Waals surface area contributed by atoms with E-state index in [9.17, 15) is 49.2 Å². The van der Waals surface area contributed by atoms with Gasteiger partial charge in [-0.15, -0.1) is 0 Å². The van der Waals surface area contributed by atoms with Crippen molar-refractivity contribution in [2.75, 3.05) is 0 Å². The first kappa shape index (κ1) is 34.7. The third kappa shape index (κ3) is 11.4. The van der Waals surface area contributed by atoms with Gasteiger partial charge in [-0.2, -0.15) is 0 Å². The molecule has 0 heterocycles. The quantitative estimate of drug-likeness (QED) is 0.0906. The zero-order valence-electron chi connectivity index (χ0n) is 22.9. The molecule has 7 unspecified atom stereocenters. The molecule has 41 heavy (non-hydrogen) atoms. The Labute approximate surface area is 235 Å². The average Bonchev–Trinajstić information content (AvgIpc) is 2.88. The molecule has 0 aliphatic carbocycles. The predicted octanol–water partition coefficient (Wildman–Crippen LogP) is -3.67. The molecule has 5 amide bonds. The number of primary amides is 1. The molecule has 16 heteroatoms. The number of nitrogens with two attached hydrogens (primary N) is 2. The summed E-state index contributed by atoms with van der Waals surface area (Å²) < 4.78 is 0. The largest absolute Gasteiger partial charge is 0.508 e. The number of aliphatic carboxylic acids is 1. The second-order valence-corrected chi connectivity index (χ2v) is 9.46. The van der Waals surface area contributed by atoms with Gasteiger partial charge in [0.15, 0.2) is 6.04 Å². The van der Waals surface area contributed by atoms with Gasteiger partial charge in [0, 0.05) is 6.42 Å². The Bertz CT molecular complexity index is 1090. The highest BCUT2D eigenvalue weighted by molar-refractivity contribution is 5.97. The lowest BCUT2D eigenvalue weighted by Gasteiger charge is -2.26. The summed E-state index contributed by atoms with van der Waals surface area (Å²) in [4.78, 5) is 74.5. The van der Waals surface area contributed by atoms with Crippen molar-refractivity contribution in [2.24, 2.45) is 11.5 Å². The van der Waals surface area contributed by atoms with Crippen LogP contribution in [0.1, 0.15) is 39.2 Å². The number of nitrogens with one attached hydrogen (secondary N) is 4. The number of carboxylic acid groups (broad SMARTS) is 1. The predicted molar refractivity (Wildman–Crippen MR) is 143 cm³/mol. The molecule has 0 radical (unpaired) electrons. The molecule has 0 aliphatic heterocycles. The second kappa shape index (κ2) is 16.1. The lowest BCUT2D eigenvalue weighted by atomic mass is 10.0. The highest BCUT2D eigenvalue weighted by atomic mass is 16.4. The summed E-state index contributed by atoms with van der Waals surface area (Å²) in [5, 5.41) is 47.2. The van der Waals surface area contributed by atoms with Crippen molar-refractivity contribution in [1.29, 1.82) is 0 Å². The Hall–Kier alpha value is -4.28. The van der Waals surface area contributed by atoms with Crippen LogP contribution in [-0.2, 0) is 35.2 Å². The Morgan fingerprint density at radius 3 is 1.73 bits per heavy atom. The fourth-order valence-electron chi connectivity index (χ4n) is 3.51. The van der Waals surface area contributed by atoms with Crippen LogP contribution in [0, 0.1) is 0 Å². The van der Waals surface area contributed by atoms with Gasteiger partial charge >= 0.3 is 5.97 Å². The molecule has 7 atom stereocenters. The van der Waals surface area contributed by atoms with Crippen LogP contribution in [0.3, 0.4) is 0 Å². The summed E-state index contributed by atoms with van der Waals surface area (Å²) >= 11 is 0. The molecule has 16 nitrogen and oxygen atoms in total. The third-order valence-electron chi connectivity index (χ3n) is 5.96. The van der Waals surface area contributed by atoms with Crippen LogP contribution >= 0.6 is 0 Å². The number of carboxylic acids is 1. The van der Waals surface area contributed by atoms with E-state index in [-0.39, 0.29) is 18.6 Å². The van der Waals surface area contributed by atoms with Crippen molar-refractivity contribution in [3.8, 4) is 5.75 Å². The first-order valence-electron chi connectivity index (χ1n) is 12.7. The van der Waals surface area contributed by atoms with E-state index in [2.05, 4.69) is 21.3 Å². The van der Waals surface area contributed by atoms with E-state index >= 15 is 0 Å². The van der Waals surface area contributed by atoms with Crippen LogP contribution < -0.4 is 32.7 Å². The Kier molecular flexibility index (Phi) is 13.6. The molecule has 0 aromatic heterocycles. The summed E-state index contributed by atoms with van der Waals surface area (Å²) in [6, 6.07) is -1.82. The maximum Gasteiger partial charge on any atom is 0.328 e. The number of carbonyl (C=O) groups excluding carboxylic acids is 5. The van der Waals surface area contributed by atoms with Crippen molar-refractivity contribution in [2.45, 2.75) is 82.5 Å². The Balaban J connectivity index is 3.21. The first-order valence-corrected chi connectivity index (χ1v) is 12.7. The minimum Gasteiger partial charge on any atom is -0.508 e. The number of aromatic hydroxyl groups is 1. The number of hydrogen-bond acceptors (Lipinski definition) is 10. The standard InChI is InChI=1S/C25H38N6O10/c1-4-15(28-24(39)19(27)11(2)32)21(36)30-17(10-18(26)35)22(37)29-16(9-13-5-7-14(34)8-6-13)23(38)31-20(12(3)33)25(40)41/h5-8,11-12,15-17,19-20,32-34H,4,9-10,27H2,1-3H3,(H2,26,35)(H,28,39)(H,29,37)(H,30,36)(H,31,38)(H,40,41). The zero-order chi connectivity index (χ0) is 31.4. The van der Waals surface area contributed by atoms with Gasteiger partial charge < -0.3 is 53.2 Å². The van der Waals surface area contributed by atoms with E-state index in [4.69, 9.17) is 11.5 Å².